The fraction of sp³-hybridized carbons (Fsp3) is 0.190. The van der Waals surface area contributed by atoms with Crippen LogP contribution in [0.1, 0.15) is 16.0 Å². The smallest absolute Gasteiger partial charge is 0.242 e. The normalized spacial score (nSPS) is 12.2. The van der Waals surface area contributed by atoms with Gasteiger partial charge in [0.25, 0.3) is 0 Å². The maximum absolute atomic E-state index is 6.28. The van der Waals surface area contributed by atoms with E-state index in [-0.39, 0.29) is 0 Å². The molecule has 0 atom stereocenters. The number of aliphatic imine (C=N–C) groups is 1. The van der Waals surface area contributed by atoms with Gasteiger partial charge in [0.15, 0.2) is 0 Å². The molecule has 0 aliphatic rings. The molecule has 3 aromatic rings. The van der Waals surface area contributed by atoms with E-state index in [1.165, 1.54) is 5.56 Å². The summed E-state index contributed by atoms with van der Waals surface area (Å²) in [5.41, 5.74) is 4.18. The SMILES string of the molecule is Cc1ccc(O[Si](C)(C)C)c(N=C(c2ccccc2)c2cccs2)c1. The molecule has 1 heterocycles. The molecule has 0 saturated heterocycles. The lowest BCUT2D eigenvalue weighted by atomic mass is 10.1. The Morgan fingerprint density at radius 2 is 1.72 bits per heavy atom. The van der Waals surface area contributed by atoms with E-state index >= 15 is 0 Å². The summed E-state index contributed by atoms with van der Waals surface area (Å²) in [6.45, 7) is 8.66. The molecule has 0 radical (unpaired) electrons. The van der Waals surface area contributed by atoms with Crippen molar-refractivity contribution in [3.63, 3.8) is 0 Å². The molecule has 3 rings (SSSR count). The molecule has 2 aromatic carbocycles. The Hall–Kier alpha value is -2.17. The summed E-state index contributed by atoms with van der Waals surface area (Å²) < 4.78 is 6.28. The van der Waals surface area contributed by atoms with Crippen LogP contribution in [-0.4, -0.2) is 14.0 Å². The molecule has 0 N–H and O–H groups in total. The fourth-order valence-corrected chi connectivity index (χ4v) is 4.09. The van der Waals surface area contributed by atoms with Crippen molar-refractivity contribution in [2.24, 2.45) is 4.99 Å². The number of benzene rings is 2. The number of aryl methyl sites for hydroxylation is 1. The van der Waals surface area contributed by atoms with Gasteiger partial charge < -0.3 is 4.43 Å². The van der Waals surface area contributed by atoms with Gasteiger partial charge in [0.1, 0.15) is 11.4 Å². The summed E-state index contributed by atoms with van der Waals surface area (Å²) in [5, 5.41) is 2.09. The van der Waals surface area contributed by atoms with Gasteiger partial charge in [-0.25, -0.2) is 4.99 Å². The van der Waals surface area contributed by atoms with Crippen LogP contribution < -0.4 is 4.43 Å². The second-order valence-electron chi connectivity index (χ2n) is 6.99. The minimum absolute atomic E-state index is 0.870. The van der Waals surface area contributed by atoms with E-state index in [2.05, 4.69) is 68.3 Å². The molecule has 4 heteroatoms. The van der Waals surface area contributed by atoms with Crippen LogP contribution in [0.25, 0.3) is 0 Å². The number of nitrogens with zero attached hydrogens (tertiary/aromatic N) is 1. The first-order valence-electron chi connectivity index (χ1n) is 8.40. The van der Waals surface area contributed by atoms with Crippen molar-refractivity contribution in [1.29, 1.82) is 0 Å². The molecular weight excluding hydrogens is 342 g/mol. The Balaban J connectivity index is 2.14. The highest BCUT2D eigenvalue weighted by molar-refractivity contribution is 7.12. The summed E-state index contributed by atoms with van der Waals surface area (Å²) in [6, 6.07) is 20.8. The van der Waals surface area contributed by atoms with Crippen LogP contribution in [0.3, 0.4) is 0 Å². The molecular formula is C21H23NOSSi. The molecule has 0 fully saturated rings. The first-order valence-corrected chi connectivity index (χ1v) is 12.7. The highest BCUT2D eigenvalue weighted by Crippen LogP contribution is 2.32. The zero-order chi connectivity index (χ0) is 17.9. The molecule has 0 amide bonds. The Kier molecular flexibility index (Phi) is 5.21. The third-order valence-corrected chi connectivity index (χ3v) is 5.27. The molecule has 0 unspecified atom stereocenters. The number of hydrogen-bond donors (Lipinski definition) is 0. The first kappa shape index (κ1) is 17.6. The van der Waals surface area contributed by atoms with Gasteiger partial charge in [0, 0.05) is 5.56 Å². The maximum atomic E-state index is 6.28. The van der Waals surface area contributed by atoms with Crippen LogP contribution in [0.5, 0.6) is 5.75 Å². The zero-order valence-corrected chi connectivity index (χ0v) is 16.9. The molecule has 0 aliphatic heterocycles. The molecule has 0 aliphatic carbocycles. The highest BCUT2D eigenvalue weighted by Gasteiger charge is 2.19. The predicted octanol–water partition coefficient (Wildman–Crippen LogP) is 6.44. The van der Waals surface area contributed by atoms with Gasteiger partial charge in [-0.3, -0.25) is 0 Å². The van der Waals surface area contributed by atoms with Crippen molar-refractivity contribution in [2.45, 2.75) is 26.6 Å². The zero-order valence-electron chi connectivity index (χ0n) is 15.1. The maximum Gasteiger partial charge on any atom is 0.242 e. The van der Waals surface area contributed by atoms with Crippen molar-refractivity contribution in [3.8, 4) is 5.75 Å². The van der Waals surface area contributed by atoms with Gasteiger partial charge in [-0.2, -0.15) is 0 Å². The van der Waals surface area contributed by atoms with E-state index in [4.69, 9.17) is 9.42 Å². The van der Waals surface area contributed by atoms with Crippen LogP contribution in [0, 0.1) is 6.92 Å². The summed E-state index contributed by atoms with van der Waals surface area (Å²) in [4.78, 5) is 6.20. The lowest BCUT2D eigenvalue weighted by Gasteiger charge is -2.21. The van der Waals surface area contributed by atoms with Crippen molar-refractivity contribution >= 4 is 31.1 Å². The number of rotatable bonds is 5. The molecule has 0 bridgehead atoms. The van der Waals surface area contributed by atoms with Crippen molar-refractivity contribution in [2.75, 3.05) is 0 Å². The Morgan fingerprint density at radius 3 is 2.36 bits per heavy atom. The standard InChI is InChI=1S/C21H23NOSSi/c1-16-12-13-19(23-25(2,3)4)18(15-16)22-21(20-11-8-14-24-20)17-9-6-5-7-10-17/h5-15H,1-4H3. The molecule has 0 spiro atoms. The summed E-state index contributed by atoms with van der Waals surface area (Å²) in [7, 11) is -1.71. The van der Waals surface area contributed by atoms with Crippen LogP contribution >= 0.6 is 11.3 Å². The second kappa shape index (κ2) is 7.38. The van der Waals surface area contributed by atoms with E-state index in [1.54, 1.807) is 11.3 Å². The molecule has 0 saturated carbocycles. The summed E-state index contributed by atoms with van der Waals surface area (Å²) in [5.74, 6) is 0.870. The Labute approximate surface area is 155 Å². The van der Waals surface area contributed by atoms with Crippen molar-refractivity contribution < 1.29 is 4.43 Å². The third kappa shape index (κ3) is 4.68. The number of thiophene rings is 1. The van der Waals surface area contributed by atoms with Crippen molar-refractivity contribution in [1.82, 2.24) is 0 Å². The fourth-order valence-electron chi connectivity index (χ4n) is 2.52. The average molecular weight is 366 g/mol. The minimum atomic E-state index is -1.71. The van der Waals surface area contributed by atoms with Gasteiger partial charge in [0.2, 0.25) is 8.32 Å². The van der Waals surface area contributed by atoms with Crippen LogP contribution in [0.2, 0.25) is 19.6 Å². The second-order valence-corrected chi connectivity index (χ2v) is 12.4. The summed E-state index contributed by atoms with van der Waals surface area (Å²) in [6.07, 6.45) is 0. The lowest BCUT2D eigenvalue weighted by molar-refractivity contribution is 0.559. The summed E-state index contributed by atoms with van der Waals surface area (Å²) >= 11 is 1.71. The quantitative estimate of drug-likeness (QED) is 0.376. The molecule has 128 valence electrons. The van der Waals surface area contributed by atoms with E-state index < -0.39 is 8.32 Å². The Morgan fingerprint density at radius 1 is 0.960 bits per heavy atom. The van der Waals surface area contributed by atoms with Crippen LogP contribution in [-0.2, 0) is 0 Å². The van der Waals surface area contributed by atoms with Crippen molar-refractivity contribution in [3.05, 3.63) is 82.0 Å². The molecule has 1 aromatic heterocycles. The van der Waals surface area contributed by atoms with Gasteiger partial charge in [-0.15, -0.1) is 11.3 Å². The average Bonchev–Trinajstić information content (AvgIpc) is 3.09. The third-order valence-electron chi connectivity index (χ3n) is 3.56. The largest absolute Gasteiger partial charge is 0.543 e. The topological polar surface area (TPSA) is 21.6 Å². The Bertz CT molecular complexity index is 865. The minimum Gasteiger partial charge on any atom is -0.543 e. The van der Waals surface area contributed by atoms with Gasteiger partial charge in [-0.05, 0) is 55.7 Å². The lowest BCUT2D eigenvalue weighted by Crippen LogP contribution is -2.29. The van der Waals surface area contributed by atoms with Gasteiger partial charge >= 0.3 is 0 Å². The number of hydrogen-bond acceptors (Lipinski definition) is 3. The van der Waals surface area contributed by atoms with Crippen LogP contribution in [0.15, 0.2) is 71.0 Å². The van der Waals surface area contributed by atoms with Crippen LogP contribution in [0.4, 0.5) is 5.69 Å². The monoisotopic (exact) mass is 365 g/mol. The van der Waals surface area contributed by atoms with E-state index in [0.717, 1.165) is 27.6 Å². The molecule has 25 heavy (non-hydrogen) atoms. The first-order chi connectivity index (χ1) is 11.9. The van der Waals surface area contributed by atoms with E-state index in [1.807, 2.05) is 24.3 Å². The molecule has 2 nitrogen and oxygen atoms in total. The highest BCUT2D eigenvalue weighted by atomic mass is 32.1. The van der Waals surface area contributed by atoms with E-state index in [0.29, 0.717) is 0 Å². The van der Waals surface area contributed by atoms with E-state index in [9.17, 15) is 0 Å². The predicted molar refractivity (Wildman–Crippen MR) is 111 cm³/mol. The van der Waals surface area contributed by atoms with Gasteiger partial charge in [0.05, 0.1) is 10.6 Å². The van der Waals surface area contributed by atoms with Gasteiger partial charge in [-0.1, -0.05) is 42.5 Å².